The summed E-state index contributed by atoms with van der Waals surface area (Å²) in [6.07, 6.45) is 0.924. The lowest BCUT2D eigenvalue weighted by Gasteiger charge is -2.21. The van der Waals surface area contributed by atoms with Crippen molar-refractivity contribution in [1.29, 1.82) is 0 Å². The highest BCUT2D eigenvalue weighted by Gasteiger charge is 2.29. The van der Waals surface area contributed by atoms with E-state index in [1.54, 1.807) is 18.2 Å². The lowest BCUT2D eigenvalue weighted by atomic mass is 10.1. The molecule has 3 aromatic rings. The Morgan fingerprint density at radius 1 is 1.21 bits per heavy atom. The monoisotopic (exact) mass is 396 g/mol. The van der Waals surface area contributed by atoms with Gasteiger partial charge in [0.1, 0.15) is 5.75 Å². The zero-order chi connectivity index (χ0) is 21.3. The number of aromatic nitrogens is 1. The molecule has 0 aliphatic carbocycles. The summed E-state index contributed by atoms with van der Waals surface area (Å²) >= 11 is 0. The molecule has 0 amide bonds. The van der Waals surface area contributed by atoms with E-state index in [2.05, 4.69) is 11.5 Å². The summed E-state index contributed by atoms with van der Waals surface area (Å²) in [5.41, 5.74) is 2.63. The van der Waals surface area contributed by atoms with E-state index < -0.39 is 16.5 Å². The van der Waals surface area contributed by atoms with Crippen molar-refractivity contribution in [3.63, 3.8) is 0 Å². The van der Waals surface area contributed by atoms with Crippen molar-refractivity contribution in [2.75, 3.05) is 0 Å². The van der Waals surface area contributed by atoms with E-state index in [1.165, 1.54) is 26.0 Å². The van der Waals surface area contributed by atoms with E-state index in [9.17, 15) is 20.0 Å². The molecule has 7 heteroatoms. The summed E-state index contributed by atoms with van der Waals surface area (Å²) in [6, 6.07) is 12.1. The normalized spacial score (nSPS) is 11.6. The molecule has 1 heterocycles. The topological polar surface area (TPSA) is 94.6 Å². The van der Waals surface area contributed by atoms with Gasteiger partial charge in [-0.05, 0) is 68.7 Å². The maximum Gasteiger partial charge on any atom is 0.347 e. The van der Waals surface area contributed by atoms with Gasteiger partial charge < -0.3 is 14.4 Å². The quantitative estimate of drug-likeness (QED) is 0.439. The first-order valence-electron chi connectivity index (χ1n) is 9.45. The minimum atomic E-state index is -1.34. The molecular weight excluding hydrogens is 372 g/mol. The molecule has 152 valence electrons. The average Bonchev–Trinajstić information content (AvgIpc) is 2.93. The van der Waals surface area contributed by atoms with Gasteiger partial charge in [-0.3, -0.25) is 10.1 Å². The molecule has 7 nitrogen and oxygen atoms in total. The van der Waals surface area contributed by atoms with Crippen LogP contribution in [0.4, 0.5) is 5.69 Å². The van der Waals surface area contributed by atoms with Crippen LogP contribution in [-0.4, -0.2) is 26.2 Å². The largest absolute Gasteiger partial charge is 0.478 e. The Kier molecular flexibility index (Phi) is 5.33. The number of benzene rings is 2. The lowest BCUT2D eigenvalue weighted by molar-refractivity contribution is -0.384. The zero-order valence-corrected chi connectivity index (χ0v) is 16.9. The number of ether oxygens (including phenoxy) is 1. The summed E-state index contributed by atoms with van der Waals surface area (Å²) < 4.78 is 7.89. The van der Waals surface area contributed by atoms with Crippen LogP contribution < -0.4 is 4.74 Å². The van der Waals surface area contributed by atoms with Crippen LogP contribution in [-0.2, 0) is 11.3 Å². The summed E-state index contributed by atoms with van der Waals surface area (Å²) in [7, 11) is 0. The summed E-state index contributed by atoms with van der Waals surface area (Å²) in [5, 5.41) is 21.3. The molecule has 1 aromatic heterocycles. The fourth-order valence-corrected chi connectivity index (χ4v) is 3.47. The van der Waals surface area contributed by atoms with E-state index in [1.807, 2.05) is 19.1 Å². The van der Waals surface area contributed by atoms with Crippen LogP contribution >= 0.6 is 0 Å². The number of nitro benzene ring substituents is 1. The van der Waals surface area contributed by atoms with Gasteiger partial charge in [0.25, 0.3) is 5.69 Å². The highest BCUT2D eigenvalue weighted by Crippen LogP contribution is 2.36. The molecule has 0 aliphatic rings. The second kappa shape index (κ2) is 7.58. The molecular formula is C22H24N2O5. The Balaban J connectivity index is 2.14. The van der Waals surface area contributed by atoms with Gasteiger partial charge in [-0.25, -0.2) is 4.79 Å². The highest BCUT2D eigenvalue weighted by atomic mass is 16.6. The smallest absolute Gasteiger partial charge is 0.347 e. The highest BCUT2D eigenvalue weighted by molar-refractivity contribution is 5.92. The summed E-state index contributed by atoms with van der Waals surface area (Å²) in [6.45, 7) is 7.90. The van der Waals surface area contributed by atoms with Crippen molar-refractivity contribution < 1.29 is 19.6 Å². The van der Waals surface area contributed by atoms with Gasteiger partial charge in [0.05, 0.1) is 10.6 Å². The Labute approximate surface area is 168 Å². The van der Waals surface area contributed by atoms with E-state index in [0.29, 0.717) is 5.75 Å². The number of hydrogen-bond donors (Lipinski definition) is 1. The third-order valence-electron chi connectivity index (χ3n) is 4.97. The van der Waals surface area contributed by atoms with Crippen LogP contribution in [0.3, 0.4) is 0 Å². The molecule has 0 unspecified atom stereocenters. The van der Waals surface area contributed by atoms with Gasteiger partial charge in [0.15, 0.2) is 5.60 Å². The third-order valence-corrected chi connectivity index (χ3v) is 4.97. The number of carboxylic acids is 1. The molecule has 0 saturated carbocycles. The van der Waals surface area contributed by atoms with E-state index in [4.69, 9.17) is 4.74 Å². The molecule has 3 rings (SSSR count). The predicted octanol–water partition coefficient (Wildman–Crippen LogP) is 5.18. The number of fused-ring (bicyclic) bond motifs is 1. The Hall–Kier alpha value is -3.35. The summed E-state index contributed by atoms with van der Waals surface area (Å²) in [5.74, 6) is -0.554. The van der Waals surface area contributed by atoms with Crippen molar-refractivity contribution in [3.05, 3.63) is 58.1 Å². The van der Waals surface area contributed by atoms with Crippen LogP contribution in [0.1, 0.15) is 32.8 Å². The number of carbonyl (C=O) groups is 1. The molecule has 1 N–H and O–H groups in total. The minimum Gasteiger partial charge on any atom is -0.478 e. The number of aliphatic carboxylic acids is 1. The van der Waals surface area contributed by atoms with Crippen molar-refractivity contribution in [1.82, 2.24) is 4.57 Å². The predicted molar refractivity (Wildman–Crippen MR) is 111 cm³/mol. The van der Waals surface area contributed by atoms with E-state index in [0.717, 1.165) is 40.7 Å². The molecule has 0 saturated heterocycles. The van der Waals surface area contributed by atoms with Gasteiger partial charge in [-0.2, -0.15) is 0 Å². The second-order valence-electron chi connectivity index (χ2n) is 7.53. The van der Waals surface area contributed by atoms with Gasteiger partial charge in [0.2, 0.25) is 0 Å². The van der Waals surface area contributed by atoms with Crippen LogP contribution in [0.5, 0.6) is 5.75 Å². The first-order chi connectivity index (χ1) is 13.7. The zero-order valence-electron chi connectivity index (χ0n) is 16.9. The van der Waals surface area contributed by atoms with E-state index >= 15 is 0 Å². The maximum atomic E-state index is 11.4. The van der Waals surface area contributed by atoms with Gasteiger partial charge >= 0.3 is 5.97 Å². The standard InChI is InChI=1S/C22H24N2O5/c1-5-12-23-19-11-10-17(29-22(3,4)21(25)26)13-18(19)14(2)20(23)15-6-8-16(9-7-15)24(27)28/h6-11,13H,5,12H2,1-4H3,(H,25,26). The van der Waals surface area contributed by atoms with Crippen LogP contribution in [0.25, 0.3) is 22.2 Å². The molecule has 0 fully saturated rings. The van der Waals surface area contributed by atoms with Crippen LogP contribution in [0.2, 0.25) is 0 Å². The number of aryl methyl sites for hydroxylation is 2. The summed E-state index contributed by atoms with van der Waals surface area (Å²) in [4.78, 5) is 21.9. The van der Waals surface area contributed by atoms with Crippen molar-refractivity contribution in [2.24, 2.45) is 0 Å². The molecule has 0 atom stereocenters. The number of non-ortho nitro benzene ring substituents is 1. The molecule has 0 radical (unpaired) electrons. The Morgan fingerprint density at radius 3 is 2.41 bits per heavy atom. The minimum absolute atomic E-state index is 0.0520. The molecule has 0 spiro atoms. The number of nitro groups is 1. The van der Waals surface area contributed by atoms with Crippen LogP contribution in [0.15, 0.2) is 42.5 Å². The van der Waals surface area contributed by atoms with Crippen molar-refractivity contribution in [2.45, 2.75) is 46.3 Å². The van der Waals surface area contributed by atoms with E-state index in [-0.39, 0.29) is 5.69 Å². The fourth-order valence-electron chi connectivity index (χ4n) is 3.47. The average molecular weight is 396 g/mol. The van der Waals surface area contributed by atoms with Crippen molar-refractivity contribution >= 4 is 22.6 Å². The number of carboxylic acid groups (broad SMARTS) is 1. The third kappa shape index (κ3) is 3.81. The van der Waals surface area contributed by atoms with Gasteiger partial charge in [-0.15, -0.1) is 0 Å². The number of hydrogen-bond acceptors (Lipinski definition) is 4. The lowest BCUT2D eigenvalue weighted by Crippen LogP contribution is -2.37. The Bertz CT molecular complexity index is 1080. The first kappa shape index (κ1) is 20.4. The first-order valence-corrected chi connectivity index (χ1v) is 9.45. The molecule has 0 bridgehead atoms. The fraction of sp³-hybridized carbons (Fsp3) is 0.318. The number of rotatable bonds is 7. The molecule has 2 aromatic carbocycles. The number of nitrogens with zero attached hydrogens (tertiary/aromatic N) is 2. The van der Waals surface area contributed by atoms with Gasteiger partial charge in [0, 0.05) is 29.6 Å². The maximum absolute atomic E-state index is 11.4. The van der Waals surface area contributed by atoms with Crippen LogP contribution in [0, 0.1) is 17.0 Å². The SMILES string of the molecule is CCCn1c(-c2ccc([N+](=O)[O-])cc2)c(C)c2cc(OC(C)(C)C(=O)O)ccc21. The second-order valence-corrected chi connectivity index (χ2v) is 7.53. The molecule has 0 aliphatic heterocycles. The Morgan fingerprint density at radius 2 is 1.86 bits per heavy atom. The van der Waals surface area contributed by atoms with Gasteiger partial charge in [-0.1, -0.05) is 6.92 Å². The molecule has 29 heavy (non-hydrogen) atoms. The van der Waals surface area contributed by atoms with Crippen molar-refractivity contribution in [3.8, 4) is 17.0 Å².